The lowest BCUT2D eigenvalue weighted by atomic mass is 10.1. The Hall–Kier alpha value is -3.22. The summed E-state index contributed by atoms with van der Waals surface area (Å²) in [6.07, 6.45) is -0.432. The van der Waals surface area contributed by atoms with Crippen molar-refractivity contribution in [3.8, 4) is 0 Å². The third-order valence-electron chi connectivity index (χ3n) is 4.59. The summed E-state index contributed by atoms with van der Waals surface area (Å²) in [5, 5.41) is 13.8. The van der Waals surface area contributed by atoms with Crippen LogP contribution < -0.4 is 5.32 Å². The van der Waals surface area contributed by atoms with E-state index in [0.29, 0.717) is 11.1 Å². The van der Waals surface area contributed by atoms with Gasteiger partial charge in [0.2, 0.25) is 6.10 Å². The molecule has 0 bridgehead atoms. The van der Waals surface area contributed by atoms with Gasteiger partial charge < -0.3 is 10.1 Å². The second-order valence-electron chi connectivity index (χ2n) is 6.81. The molecule has 3 atom stereocenters. The third kappa shape index (κ3) is 4.31. The van der Waals surface area contributed by atoms with Gasteiger partial charge >= 0.3 is 5.97 Å². The normalized spacial score (nSPS) is 19.0. The maximum Gasteiger partial charge on any atom is 0.310 e. The molecule has 7 nitrogen and oxygen atoms in total. The number of benzene rings is 2. The zero-order valence-electron chi connectivity index (χ0n) is 15.0. The van der Waals surface area contributed by atoms with Crippen LogP contribution in [0.2, 0.25) is 0 Å². The van der Waals surface area contributed by atoms with Crippen molar-refractivity contribution in [3.05, 3.63) is 69.8 Å². The van der Waals surface area contributed by atoms with E-state index in [0.717, 1.165) is 6.42 Å². The average molecular weight is 368 g/mol. The molecule has 7 heteroatoms. The Bertz CT molecular complexity index is 881. The van der Waals surface area contributed by atoms with Crippen LogP contribution in [0.3, 0.4) is 0 Å². The van der Waals surface area contributed by atoms with Crippen LogP contribution in [0.25, 0.3) is 0 Å². The van der Waals surface area contributed by atoms with Crippen molar-refractivity contribution in [1.29, 1.82) is 0 Å². The summed E-state index contributed by atoms with van der Waals surface area (Å²) < 4.78 is 5.47. The Morgan fingerprint density at radius 2 is 1.89 bits per heavy atom. The average Bonchev–Trinajstić information content (AvgIpc) is 3.38. The van der Waals surface area contributed by atoms with Crippen molar-refractivity contribution in [2.45, 2.75) is 26.4 Å². The first-order valence-electron chi connectivity index (χ1n) is 8.68. The highest BCUT2D eigenvalue weighted by atomic mass is 16.6. The molecule has 27 heavy (non-hydrogen) atoms. The van der Waals surface area contributed by atoms with Crippen LogP contribution in [0.4, 0.5) is 11.4 Å². The number of hydrogen-bond donors (Lipinski definition) is 1. The number of nitrogens with one attached hydrogen (secondary N) is 1. The Labute approximate surface area is 156 Å². The highest BCUT2D eigenvalue weighted by Crippen LogP contribution is 2.40. The zero-order chi connectivity index (χ0) is 19.6. The summed E-state index contributed by atoms with van der Waals surface area (Å²) in [6, 6.07) is 13.1. The van der Waals surface area contributed by atoms with E-state index in [-0.39, 0.29) is 23.2 Å². The lowest BCUT2D eigenvalue weighted by Gasteiger charge is -2.18. The molecule has 2 aromatic rings. The minimum absolute atomic E-state index is 0.0624. The van der Waals surface area contributed by atoms with Crippen molar-refractivity contribution in [3.63, 3.8) is 0 Å². The summed E-state index contributed by atoms with van der Waals surface area (Å²) in [4.78, 5) is 35.8. The first-order chi connectivity index (χ1) is 12.9. The number of ether oxygens (including phenoxy) is 1. The minimum Gasteiger partial charge on any atom is -0.447 e. The molecule has 0 heterocycles. The summed E-state index contributed by atoms with van der Waals surface area (Å²) in [7, 11) is 0. The Kier molecular flexibility index (Phi) is 5.21. The van der Waals surface area contributed by atoms with Crippen LogP contribution in [0.1, 0.15) is 30.6 Å². The van der Waals surface area contributed by atoms with Crippen LogP contribution in [0, 0.1) is 28.9 Å². The van der Waals surface area contributed by atoms with Gasteiger partial charge in [-0.15, -0.1) is 0 Å². The van der Waals surface area contributed by atoms with Gasteiger partial charge in [0, 0.05) is 11.6 Å². The van der Waals surface area contributed by atoms with E-state index in [1.807, 2.05) is 6.92 Å². The van der Waals surface area contributed by atoms with Crippen molar-refractivity contribution in [1.82, 2.24) is 0 Å². The molecule has 1 fully saturated rings. The van der Waals surface area contributed by atoms with Crippen molar-refractivity contribution >= 4 is 23.3 Å². The molecule has 0 saturated heterocycles. The third-order valence-corrected chi connectivity index (χ3v) is 4.59. The first kappa shape index (κ1) is 18.6. The Morgan fingerprint density at radius 3 is 2.48 bits per heavy atom. The topological polar surface area (TPSA) is 98.5 Å². The second kappa shape index (κ2) is 7.57. The fourth-order valence-corrected chi connectivity index (χ4v) is 2.85. The number of aryl methyl sites for hydroxylation is 1. The number of carbonyl (C=O) groups is 2. The van der Waals surface area contributed by atoms with Crippen LogP contribution in [-0.2, 0) is 14.3 Å². The van der Waals surface area contributed by atoms with Crippen molar-refractivity contribution < 1.29 is 19.2 Å². The number of nitrogens with zero attached hydrogens (tertiary/aromatic N) is 1. The van der Waals surface area contributed by atoms with Gasteiger partial charge in [0.05, 0.1) is 10.8 Å². The van der Waals surface area contributed by atoms with Gasteiger partial charge in [-0.05, 0) is 30.9 Å². The quantitative estimate of drug-likeness (QED) is 0.475. The Morgan fingerprint density at radius 1 is 1.22 bits per heavy atom. The smallest absolute Gasteiger partial charge is 0.310 e. The summed E-state index contributed by atoms with van der Waals surface area (Å²) in [6.45, 7) is 3.67. The number of nitro benzene ring substituents is 1. The van der Waals surface area contributed by atoms with Crippen LogP contribution in [0.15, 0.2) is 48.5 Å². The summed E-state index contributed by atoms with van der Waals surface area (Å²) in [5.74, 6) is -1.01. The number of nitro groups is 1. The SMILES string of the molecule is Cc1ccc(NC(=O)[C@H](OC(=O)[C@@H]2C[C@@H]2C)c2ccccc2)c([N+](=O)[O-])c1. The van der Waals surface area contributed by atoms with E-state index in [1.54, 1.807) is 43.3 Å². The minimum atomic E-state index is -1.17. The number of anilines is 1. The maximum absolute atomic E-state index is 12.8. The molecule has 140 valence electrons. The fraction of sp³-hybridized carbons (Fsp3) is 0.300. The van der Waals surface area contributed by atoms with Crippen LogP contribution in [-0.4, -0.2) is 16.8 Å². The number of carbonyl (C=O) groups excluding carboxylic acids is 2. The number of esters is 1. The second-order valence-corrected chi connectivity index (χ2v) is 6.81. The number of hydrogen-bond acceptors (Lipinski definition) is 5. The molecular formula is C20H20N2O5. The monoisotopic (exact) mass is 368 g/mol. The van der Waals surface area contributed by atoms with Gasteiger partial charge in [-0.25, -0.2) is 0 Å². The molecule has 0 unspecified atom stereocenters. The van der Waals surface area contributed by atoms with E-state index >= 15 is 0 Å². The number of amides is 1. The number of rotatable bonds is 6. The van der Waals surface area contributed by atoms with Crippen LogP contribution in [0.5, 0.6) is 0 Å². The van der Waals surface area contributed by atoms with E-state index in [4.69, 9.17) is 4.74 Å². The molecule has 0 aliphatic heterocycles. The van der Waals surface area contributed by atoms with E-state index < -0.39 is 22.9 Å². The van der Waals surface area contributed by atoms with Gasteiger partial charge in [-0.3, -0.25) is 19.7 Å². The standard InChI is InChI=1S/C20H20N2O5/c1-12-8-9-16(17(10-12)22(25)26)21-19(23)18(14-6-4-3-5-7-14)27-20(24)15-11-13(15)2/h3-10,13,15,18H,11H2,1-2H3,(H,21,23)/t13-,15+,18+/m0/s1. The molecule has 1 aliphatic rings. The molecule has 3 rings (SSSR count). The molecule has 0 spiro atoms. The summed E-state index contributed by atoms with van der Waals surface area (Å²) >= 11 is 0. The summed E-state index contributed by atoms with van der Waals surface area (Å²) in [5.41, 5.74) is 1.06. The van der Waals surface area contributed by atoms with Crippen LogP contribution >= 0.6 is 0 Å². The highest BCUT2D eigenvalue weighted by Gasteiger charge is 2.42. The maximum atomic E-state index is 12.8. The zero-order valence-corrected chi connectivity index (χ0v) is 15.0. The first-order valence-corrected chi connectivity index (χ1v) is 8.68. The Balaban J connectivity index is 1.85. The molecule has 0 aromatic heterocycles. The fourth-order valence-electron chi connectivity index (χ4n) is 2.85. The predicted octanol–water partition coefficient (Wildman–Crippen LogP) is 3.78. The molecule has 1 N–H and O–H groups in total. The van der Waals surface area contributed by atoms with Gasteiger partial charge in [-0.2, -0.15) is 0 Å². The molecular weight excluding hydrogens is 348 g/mol. The van der Waals surface area contributed by atoms with Gasteiger partial charge in [0.15, 0.2) is 0 Å². The van der Waals surface area contributed by atoms with Crippen molar-refractivity contribution in [2.24, 2.45) is 11.8 Å². The van der Waals surface area contributed by atoms with Crippen molar-refractivity contribution in [2.75, 3.05) is 5.32 Å². The van der Waals surface area contributed by atoms with Gasteiger partial charge in [0.25, 0.3) is 11.6 Å². The lowest BCUT2D eigenvalue weighted by molar-refractivity contribution is -0.384. The van der Waals surface area contributed by atoms with E-state index in [1.165, 1.54) is 12.1 Å². The molecule has 1 amide bonds. The van der Waals surface area contributed by atoms with E-state index in [2.05, 4.69) is 5.32 Å². The highest BCUT2D eigenvalue weighted by molar-refractivity contribution is 5.98. The molecule has 1 aliphatic carbocycles. The van der Waals surface area contributed by atoms with E-state index in [9.17, 15) is 19.7 Å². The molecule has 1 saturated carbocycles. The lowest BCUT2D eigenvalue weighted by Crippen LogP contribution is -2.27. The molecule has 0 radical (unpaired) electrons. The largest absolute Gasteiger partial charge is 0.447 e. The molecule has 2 aromatic carbocycles. The van der Waals surface area contributed by atoms with Gasteiger partial charge in [0.1, 0.15) is 5.69 Å². The predicted molar refractivity (Wildman–Crippen MR) is 99.0 cm³/mol. The van der Waals surface area contributed by atoms with Gasteiger partial charge in [-0.1, -0.05) is 43.3 Å².